The lowest BCUT2D eigenvalue weighted by Crippen LogP contribution is -2.03. The highest BCUT2D eigenvalue weighted by Gasteiger charge is 2.06. The van der Waals surface area contributed by atoms with Crippen LogP contribution in [0.2, 0.25) is 0 Å². The number of rotatable bonds is 5. The minimum atomic E-state index is 0.737. The zero-order valence-electron chi connectivity index (χ0n) is 13.4. The van der Waals surface area contributed by atoms with Crippen LogP contribution in [0.5, 0.6) is 5.75 Å². The Bertz CT molecular complexity index is 799. The van der Waals surface area contributed by atoms with E-state index in [4.69, 9.17) is 4.74 Å². The largest absolute Gasteiger partial charge is 0.497 e. The molecule has 3 aromatic rings. The Kier molecular flexibility index (Phi) is 4.62. The summed E-state index contributed by atoms with van der Waals surface area (Å²) in [6.07, 6.45) is 0. The monoisotopic (exact) mass is 326 g/mol. The van der Waals surface area contributed by atoms with Crippen molar-refractivity contribution in [2.24, 2.45) is 0 Å². The molecule has 0 aliphatic rings. The summed E-state index contributed by atoms with van der Waals surface area (Å²) >= 11 is 1.65. The summed E-state index contributed by atoms with van der Waals surface area (Å²) in [5.74, 6) is 2.43. The van der Waals surface area contributed by atoms with Gasteiger partial charge in [-0.2, -0.15) is 5.10 Å². The van der Waals surface area contributed by atoms with Crippen LogP contribution in [0.15, 0.2) is 47.5 Å². The van der Waals surface area contributed by atoms with Crippen molar-refractivity contribution in [1.82, 2.24) is 20.0 Å². The Morgan fingerprint density at radius 3 is 2.61 bits per heavy atom. The molecule has 1 aromatic carbocycles. The molecule has 5 nitrogen and oxygen atoms in total. The van der Waals surface area contributed by atoms with E-state index in [-0.39, 0.29) is 0 Å². The molecule has 2 aromatic heterocycles. The number of ether oxygens (including phenoxy) is 1. The van der Waals surface area contributed by atoms with Crippen molar-refractivity contribution in [3.63, 3.8) is 0 Å². The van der Waals surface area contributed by atoms with Crippen LogP contribution in [0.25, 0.3) is 5.82 Å². The number of nitrogens with zero attached hydrogens (tertiary/aromatic N) is 4. The molecule has 23 heavy (non-hydrogen) atoms. The van der Waals surface area contributed by atoms with Crippen molar-refractivity contribution in [3.8, 4) is 11.6 Å². The van der Waals surface area contributed by atoms with Crippen LogP contribution in [0.4, 0.5) is 0 Å². The molecule has 0 bridgehead atoms. The first-order chi connectivity index (χ1) is 11.2. The Morgan fingerprint density at radius 1 is 1.09 bits per heavy atom. The number of thioether (sulfide) groups is 1. The molecule has 0 aliphatic carbocycles. The van der Waals surface area contributed by atoms with E-state index >= 15 is 0 Å². The van der Waals surface area contributed by atoms with Gasteiger partial charge >= 0.3 is 0 Å². The van der Waals surface area contributed by atoms with Gasteiger partial charge in [-0.1, -0.05) is 23.9 Å². The van der Waals surface area contributed by atoms with E-state index in [9.17, 15) is 0 Å². The van der Waals surface area contributed by atoms with E-state index in [0.29, 0.717) is 0 Å². The minimum Gasteiger partial charge on any atom is -0.497 e. The third-order valence-electron chi connectivity index (χ3n) is 3.37. The lowest BCUT2D eigenvalue weighted by atomic mass is 10.2. The van der Waals surface area contributed by atoms with Crippen molar-refractivity contribution < 1.29 is 4.74 Å². The molecule has 2 heterocycles. The molecule has 0 saturated carbocycles. The molecule has 0 saturated heterocycles. The van der Waals surface area contributed by atoms with Crippen molar-refractivity contribution in [1.29, 1.82) is 0 Å². The van der Waals surface area contributed by atoms with E-state index in [1.54, 1.807) is 23.6 Å². The van der Waals surface area contributed by atoms with E-state index in [1.807, 2.05) is 50.2 Å². The summed E-state index contributed by atoms with van der Waals surface area (Å²) < 4.78 is 7.04. The van der Waals surface area contributed by atoms with Gasteiger partial charge < -0.3 is 4.74 Å². The molecule has 0 aliphatic heterocycles. The number of methoxy groups -OCH3 is 1. The predicted octanol–water partition coefficient (Wildman–Crippen LogP) is 3.58. The van der Waals surface area contributed by atoms with Crippen LogP contribution in [0.3, 0.4) is 0 Å². The number of hydrogen-bond donors (Lipinski definition) is 0. The maximum atomic E-state index is 5.24. The molecular weight excluding hydrogens is 308 g/mol. The summed E-state index contributed by atoms with van der Waals surface area (Å²) in [6.45, 7) is 3.97. The topological polar surface area (TPSA) is 52.8 Å². The first-order valence-electron chi connectivity index (χ1n) is 7.29. The third kappa shape index (κ3) is 3.71. The lowest BCUT2D eigenvalue weighted by molar-refractivity contribution is 0.414. The van der Waals surface area contributed by atoms with Crippen LogP contribution < -0.4 is 4.74 Å². The summed E-state index contributed by atoms with van der Waals surface area (Å²) in [5, 5.41) is 13.9. The molecule has 0 fully saturated rings. The first kappa shape index (κ1) is 15.6. The van der Waals surface area contributed by atoms with Crippen molar-refractivity contribution in [2.75, 3.05) is 7.11 Å². The Hall–Kier alpha value is -2.34. The van der Waals surface area contributed by atoms with Gasteiger partial charge in [0.15, 0.2) is 5.82 Å². The zero-order chi connectivity index (χ0) is 16.2. The van der Waals surface area contributed by atoms with E-state index in [0.717, 1.165) is 33.7 Å². The second-order valence-corrected chi connectivity index (χ2v) is 6.20. The van der Waals surface area contributed by atoms with Gasteiger partial charge in [0.2, 0.25) is 0 Å². The summed E-state index contributed by atoms with van der Waals surface area (Å²) in [6, 6.07) is 14.0. The Labute approximate surface area is 139 Å². The number of hydrogen-bond acceptors (Lipinski definition) is 5. The van der Waals surface area contributed by atoms with Gasteiger partial charge in [0.1, 0.15) is 10.8 Å². The van der Waals surface area contributed by atoms with E-state index in [2.05, 4.69) is 21.4 Å². The molecular formula is C17H18N4OS. The average molecular weight is 326 g/mol. The van der Waals surface area contributed by atoms with Gasteiger partial charge in [0, 0.05) is 11.4 Å². The molecule has 3 rings (SSSR count). The second kappa shape index (κ2) is 6.83. The summed E-state index contributed by atoms with van der Waals surface area (Å²) in [4.78, 5) is 0. The van der Waals surface area contributed by atoms with Gasteiger partial charge in [-0.15, -0.1) is 10.2 Å². The van der Waals surface area contributed by atoms with Gasteiger partial charge in [-0.3, -0.25) is 0 Å². The fourth-order valence-electron chi connectivity index (χ4n) is 2.28. The van der Waals surface area contributed by atoms with E-state index < -0.39 is 0 Å². The van der Waals surface area contributed by atoms with Gasteiger partial charge in [-0.25, -0.2) is 4.68 Å². The maximum absolute atomic E-state index is 5.24. The highest BCUT2D eigenvalue weighted by molar-refractivity contribution is 7.98. The standard InChI is InChI=1S/C17H18N4OS/c1-12-9-13(2)21(20-12)16-7-8-17(19-18-16)23-11-14-5-4-6-15(10-14)22-3/h4-10H,11H2,1-3H3. The molecule has 0 amide bonds. The molecule has 0 N–H and O–H groups in total. The molecule has 6 heteroatoms. The van der Waals surface area contributed by atoms with Crippen molar-refractivity contribution in [3.05, 3.63) is 59.4 Å². The van der Waals surface area contributed by atoms with Crippen LogP contribution in [-0.4, -0.2) is 27.1 Å². The number of benzene rings is 1. The van der Waals surface area contributed by atoms with E-state index in [1.165, 1.54) is 5.56 Å². The van der Waals surface area contributed by atoms with Gasteiger partial charge in [0.25, 0.3) is 0 Å². The van der Waals surface area contributed by atoms with Crippen molar-refractivity contribution in [2.45, 2.75) is 24.6 Å². The Balaban J connectivity index is 1.69. The second-order valence-electron chi connectivity index (χ2n) is 5.21. The molecule has 0 unspecified atom stereocenters. The highest BCUT2D eigenvalue weighted by atomic mass is 32.2. The first-order valence-corrected chi connectivity index (χ1v) is 8.27. The van der Waals surface area contributed by atoms with Gasteiger partial charge in [0.05, 0.1) is 12.8 Å². The van der Waals surface area contributed by atoms with Crippen LogP contribution in [-0.2, 0) is 5.75 Å². The summed E-state index contributed by atoms with van der Waals surface area (Å²) in [5.41, 5.74) is 3.22. The lowest BCUT2D eigenvalue weighted by Gasteiger charge is -2.05. The normalized spacial score (nSPS) is 10.7. The molecule has 0 atom stereocenters. The molecule has 0 radical (unpaired) electrons. The molecule has 118 valence electrons. The quantitative estimate of drug-likeness (QED) is 0.671. The SMILES string of the molecule is COc1cccc(CSc2ccc(-n3nc(C)cc3C)nn2)c1. The third-order valence-corrected chi connectivity index (χ3v) is 4.36. The molecule has 0 spiro atoms. The fraction of sp³-hybridized carbons (Fsp3) is 0.235. The van der Waals surface area contributed by atoms with Gasteiger partial charge in [-0.05, 0) is 49.7 Å². The van der Waals surface area contributed by atoms with Crippen molar-refractivity contribution >= 4 is 11.8 Å². The highest BCUT2D eigenvalue weighted by Crippen LogP contribution is 2.23. The predicted molar refractivity (Wildman–Crippen MR) is 91.2 cm³/mol. The maximum Gasteiger partial charge on any atom is 0.175 e. The zero-order valence-corrected chi connectivity index (χ0v) is 14.2. The smallest absolute Gasteiger partial charge is 0.175 e. The number of aryl methyl sites for hydroxylation is 2. The Morgan fingerprint density at radius 2 is 1.96 bits per heavy atom. The average Bonchev–Trinajstić information content (AvgIpc) is 2.92. The number of aromatic nitrogens is 4. The summed E-state index contributed by atoms with van der Waals surface area (Å²) in [7, 11) is 1.68. The van der Waals surface area contributed by atoms with Crippen LogP contribution in [0, 0.1) is 13.8 Å². The van der Waals surface area contributed by atoms with Crippen LogP contribution in [0.1, 0.15) is 17.0 Å². The minimum absolute atomic E-state index is 0.737. The fourth-order valence-corrected chi connectivity index (χ4v) is 3.04. The van der Waals surface area contributed by atoms with Crippen LogP contribution >= 0.6 is 11.8 Å².